The molecule has 1 aromatic rings. The molecule has 0 amide bonds. The van der Waals surface area contributed by atoms with Gasteiger partial charge < -0.3 is 4.79 Å². The monoisotopic (exact) mass is 218 g/mol. The predicted molar refractivity (Wildman–Crippen MR) is 68.6 cm³/mol. The number of rotatable bonds is 5. The molecule has 0 radical (unpaired) electrons. The third kappa shape index (κ3) is 3.48. The van der Waals surface area contributed by atoms with Crippen molar-refractivity contribution >= 4 is 6.29 Å². The van der Waals surface area contributed by atoms with Crippen LogP contribution in [-0.4, -0.2) is 6.29 Å². The first-order chi connectivity index (χ1) is 7.54. The summed E-state index contributed by atoms with van der Waals surface area (Å²) in [7, 11) is 0. The third-order valence-corrected chi connectivity index (χ3v) is 3.30. The maximum atomic E-state index is 10.6. The fraction of sp³-hybridized carbons (Fsp3) is 0.533. The van der Waals surface area contributed by atoms with Gasteiger partial charge in [0.2, 0.25) is 0 Å². The first-order valence-electron chi connectivity index (χ1n) is 6.08. The van der Waals surface area contributed by atoms with E-state index in [-0.39, 0.29) is 5.92 Å². The van der Waals surface area contributed by atoms with E-state index in [0.29, 0.717) is 11.8 Å². The van der Waals surface area contributed by atoms with Gasteiger partial charge in [0.15, 0.2) is 0 Å². The second-order valence-corrected chi connectivity index (χ2v) is 5.09. The molecule has 0 spiro atoms. The van der Waals surface area contributed by atoms with Gasteiger partial charge in [-0.25, -0.2) is 0 Å². The van der Waals surface area contributed by atoms with Crippen molar-refractivity contribution in [2.45, 2.75) is 40.0 Å². The van der Waals surface area contributed by atoms with Crippen molar-refractivity contribution in [3.05, 3.63) is 35.4 Å². The third-order valence-electron chi connectivity index (χ3n) is 3.30. The van der Waals surface area contributed by atoms with Crippen molar-refractivity contribution < 1.29 is 4.79 Å². The molecule has 2 atom stereocenters. The minimum absolute atomic E-state index is 0.119. The van der Waals surface area contributed by atoms with E-state index in [1.54, 1.807) is 0 Å². The largest absolute Gasteiger partial charge is 0.303 e. The molecular weight excluding hydrogens is 196 g/mol. The van der Waals surface area contributed by atoms with Crippen LogP contribution in [0.1, 0.15) is 44.7 Å². The molecular formula is C15H22O. The molecule has 0 aliphatic rings. The van der Waals surface area contributed by atoms with Gasteiger partial charge in [-0.15, -0.1) is 0 Å². The Bertz CT molecular complexity index is 324. The van der Waals surface area contributed by atoms with Crippen LogP contribution in [0, 0.1) is 11.8 Å². The standard InChI is InChI=1S/C15H22O/c1-11(2)13(4)15-7-5-14(6-8-15)9-12(3)10-16/h5-8,10-13H,9H2,1-4H3. The first-order valence-corrected chi connectivity index (χ1v) is 6.08. The van der Waals surface area contributed by atoms with Crippen LogP contribution in [0.2, 0.25) is 0 Å². The number of carbonyl (C=O) groups is 1. The van der Waals surface area contributed by atoms with E-state index in [0.717, 1.165) is 12.7 Å². The SMILES string of the molecule is CC(C=O)Cc1ccc(C(C)C(C)C)cc1. The van der Waals surface area contributed by atoms with Gasteiger partial charge in [0, 0.05) is 5.92 Å². The molecule has 0 aromatic heterocycles. The topological polar surface area (TPSA) is 17.1 Å². The van der Waals surface area contributed by atoms with Crippen LogP contribution in [0.25, 0.3) is 0 Å². The molecule has 1 nitrogen and oxygen atoms in total. The van der Waals surface area contributed by atoms with Crippen molar-refractivity contribution in [1.82, 2.24) is 0 Å². The van der Waals surface area contributed by atoms with Crippen LogP contribution in [0.5, 0.6) is 0 Å². The van der Waals surface area contributed by atoms with Gasteiger partial charge >= 0.3 is 0 Å². The fourth-order valence-corrected chi connectivity index (χ4v) is 1.76. The van der Waals surface area contributed by atoms with Crippen molar-refractivity contribution in [1.29, 1.82) is 0 Å². The molecule has 1 aromatic carbocycles. The van der Waals surface area contributed by atoms with Gasteiger partial charge in [-0.1, -0.05) is 52.0 Å². The Balaban J connectivity index is 2.71. The lowest BCUT2D eigenvalue weighted by Crippen LogP contribution is -2.03. The summed E-state index contributed by atoms with van der Waals surface area (Å²) in [6.07, 6.45) is 1.87. The lowest BCUT2D eigenvalue weighted by atomic mass is 9.89. The van der Waals surface area contributed by atoms with Gasteiger partial charge in [-0.2, -0.15) is 0 Å². The highest BCUT2D eigenvalue weighted by molar-refractivity contribution is 5.53. The van der Waals surface area contributed by atoms with Crippen molar-refractivity contribution in [3.8, 4) is 0 Å². The van der Waals surface area contributed by atoms with Crippen molar-refractivity contribution in [2.75, 3.05) is 0 Å². The average Bonchev–Trinajstić information content (AvgIpc) is 2.28. The van der Waals surface area contributed by atoms with Gasteiger partial charge in [-0.3, -0.25) is 0 Å². The second kappa shape index (κ2) is 5.83. The Hall–Kier alpha value is -1.11. The van der Waals surface area contributed by atoms with Gasteiger partial charge in [0.25, 0.3) is 0 Å². The highest BCUT2D eigenvalue weighted by atomic mass is 16.1. The molecule has 0 aliphatic carbocycles. The highest BCUT2D eigenvalue weighted by Gasteiger charge is 2.09. The van der Waals surface area contributed by atoms with E-state index < -0.39 is 0 Å². The minimum atomic E-state index is 0.119. The van der Waals surface area contributed by atoms with Crippen molar-refractivity contribution in [3.63, 3.8) is 0 Å². The van der Waals surface area contributed by atoms with E-state index in [1.807, 2.05) is 6.92 Å². The molecule has 1 rings (SSSR count). The molecule has 88 valence electrons. The first kappa shape index (κ1) is 13.0. The van der Waals surface area contributed by atoms with Crippen LogP contribution in [-0.2, 0) is 11.2 Å². The molecule has 0 heterocycles. The smallest absolute Gasteiger partial charge is 0.123 e. The molecule has 0 bridgehead atoms. The fourth-order valence-electron chi connectivity index (χ4n) is 1.76. The summed E-state index contributed by atoms with van der Waals surface area (Å²) in [5, 5.41) is 0. The molecule has 0 saturated carbocycles. The zero-order chi connectivity index (χ0) is 12.1. The summed E-state index contributed by atoms with van der Waals surface area (Å²) in [6.45, 7) is 8.70. The van der Waals surface area contributed by atoms with Crippen molar-refractivity contribution in [2.24, 2.45) is 11.8 Å². The van der Waals surface area contributed by atoms with Crippen LogP contribution >= 0.6 is 0 Å². The maximum Gasteiger partial charge on any atom is 0.123 e. The van der Waals surface area contributed by atoms with Crippen LogP contribution in [0.15, 0.2) is 24.3 Å². The summed E-state index contributed by atoms with van der Waals surface area (Å²) in [5.41, 5.74) is 2.64. The number of benzene rings is 1. The number of hydrogen-bond acceptors (Lipinski definition) is 1. The quantitative estimate of drug-likeness (QED) is 0.687. The molecule has 16 heavy (non-hydrogen) atoms. The normalized spacial score (nSPS) is 14.8. The van der Waals surface area contributed by atoms with Crippen LogP contribution in [0.3, 0.4) is 0 Å². The number of aldehydes is 1. The molecule has 0 aliphatic heterocycles. The Labute approximate surface area is 98.9 Å². The lowest BCUT2D eigenvalue weighted by Gasteiger charge is -2.16. The Morgan fingerprint density at radius 2 is 1.62 bits per heavy atom. The Morgan fingerprint density at radius 3 is 2.06 bits per heavy atom. The van der Waals surface area contributed by atoms with Crippen LogP contribution in [0.4, 0.5) is 0 Å². The van der Waals surface area contributed by atoms with Gasteiger partial charge in [0.05, 0.1) is 0 Å². The molecule has 0 saturated heterocycles. The van der Waals surface area contributed by atoms with Crippen LogP contribution < -0.4 is 0 Å². The summed E-state index contributed by atoms with van der Waals surface area (Å²) < 4.78 is 0. The summed E-state index contributed by atoms with van der Waals surface area (Å²) in [5.74, 6) is 1.38. The number of carbonyl (C=O) groups excluding carboxylic acids is 1. The van der Waals surface area contributed by atoms with E-state index in [9.17, 15) is 4.79 Å². The molecule has 0 fully saturated rings. The van der Waals surface area contributed by atoms with E-state index in [1.165, 1.54) is 11.1 Å². The molecule has 0 N–H and O–H groups in total. The van der Waals surface area contributed by atoms with E-state index in [4.69, 9.17) is 0 Å². The lowest BCUT2D eigenvalue weighted by molar-refractivity contribution is -0.110. The molecule has 1 heteroatoms. The Kier molecular flexibility index (Phi) is 4.72. The minimum Gasteiger partial charge on any atom is -0.303 e. The zero-order valence-electron chi connectivity index (χ0n) is 10.7. The van der Waals surface area contributed by atoms with Gasteiger partial charge in [0.1, 0.15) is 6.29 Å². The van der Waals surface area contributed by atoms with E-state index in [2.05, 4.69) is 45.0 Å². The zero-order valence-corrected chi connectivity index (χ0v) is 10.7. The summed E-state index contributed by atoms with van der Waals surface area (Å²) in [6, 6.07) is 8.68. The Morgan fingerprint density at radius 1 is 1.06 bits per heavy atom. The summed E-state index contributed by atoms with van der Waals surface area (Å²) in [4.78, 5) is 10.6. The highest BCUT2D eigenvalue weighted by Crippen LogP contribution is 2.24. The van der Waals surface area contributed by atoms with E-state index >= 15 is 0 Å². The average molecular weight is 218 g/mol. The van der Waals surface area contributed by atoms with Gasteiger partial charge in [-0.05, 0) is 29.4 Å². The maximum absolute atomic E-state index is 10.6. The summed E-state index contributed by atoms with van der Waals surface area (Å²) >= 11 is 0. The predicted octanol–water partition coefficient (Wildman–Crippen LogP) is 3.82. The molecule has 2 unspecified atom stereocenters. The number of hydrogen-bond donors (Lipinski definition) is 0. The second-order valence-electron chi connectivity index (χ2n) is 5.09.